The normalized spacial score (nSPS) is 14.8. The van der Waals surface area contributed by atoms with Crippen LogP contribution in [0.2, 0.25) is 0 Å². The average molecular weight is 192 g/mol. The van der Waals surface area contributed by atoms with Gasteiger partial charge >= 0.3 is 0 Å². The number of aliphatic hydroxyl groups excluding tert-OH is 1. The zero-order chi connectivity index (χ0) is 9.35. The number of aliphatic hydroxyl groups is 1. The summed E-state index contributed by atoms with van der Waals surface area (Å²) in [6.45, 7) is 2.53. The summed E-state index contributed by atoms with van der Waals surface area (Å²) in [6.07, 6.45) is -1.68. The Morgan fingerprint density at radius 2 is 2.17 bits per heavy atom. The topological polar surface area (TPSA) is 20.2 Å². The van der Waals surface area contributed by atoms with Crippen molar-refractivity contribution in [2.45, 2.75) is 25.9 Å². The molecule has 1 heterocycles. The molecule has 0 saturated heterocycles. The molecule has 0 radical (unpaired) electrons. The van der Waals surface area contributed by atoms with E-state index in [2.05, 4.69) is 0 Å². The maximum absolute atomic E-state index is 12.6. The smallest absolute Gasteiger partial charge is 0.274 e. The molecule has 1 unspecified atom stereocenters. The van der Waals surface area contributed by atoms with Gasteiger partial charge in [0.05, 0.1) is 0 Å². The highest BCUT2D eigenvalue weighted by molar-refractivity contribution is 7.10. The summed E-state index contributed by atoms with van der Waals surface area (Å²) in [5.41, 5.74) is 0.296. The van der Waals surface area contributed by atoms with Crippen LogP contribution < -0.4 is 0 Å². The predicted octanol–water partition coefficient (Wildman–Crippen LogP) is 2.75. The molecule has 0 aliphatic heterocycles. The highest BCUT2D eigenvalue weighted by atomic mass is 32.1. The van der Waals surface area contributed by atoms with E-state index in [1.54, 1.807) is 11.4 Å². The van der Waals surface area contributed by atoms with Crippen LogP contribution in [-0.2, 0) is 0 Å². The molecular formula is C8H10F2OS. The van der Waals surface area contributed by atoms with E-state index in [1.807, 2.05) is 6.92 Å². The highest BCUT2D eigenvalue weighted by Crippen LogP contribution is 2.32. The standard InChI is InChI=1S/C8H10F2OS/c1-5-3-6(4-12-5)7(11)8(2,9)10/h3-4,7,11H,1-2H3. The van der Waals surface area contributed by atoms with Crippen LogP contribution in [0.15, 0.2) is 11.4 Å². The molecule has 4 heteroatoms. The molecule has 12 heavy (non-hydrogen) atoms. The van der Waals surface area contributed by atoms with E-state index >= 15 is 0 Å². The third-order valence-electron chi connectivity index (χ3n) is 1.55. The van der Waals surface area contributed by atoms with Gasteiger partial charge < -0.3 is 5.11 Å². The van der Waals surface area contributed by atoms with Crippen molar-refractivity contribution in [3.63, 3.8) is 0 Å². The summed E-state index contributed by atoms with van der Waals surface area (Å²) in [5.74, 6) is -3.06. The third-order valence-corrected chi connectivity index (χ3v) is 2.43. The maximum Gasteiger partial charge on any atom is 0.274 e. The van der Waals surface area contributed by atoms with Crippen LogP contribution in [0, 0.1) is 6.92 Å². The molecule has 1 rings (SSSR count). The van der Waals surface area contributed by atoms with Gasteiger partial charge in [-0.3, -0.25) is 0 Å². The minimum atomic E-state index is -3.06. The molecule has 68 valence electrons. The second-order valence-electron chi connectivity index (χ2n) is 2.85. The van der Waals surface area contributed by atoms with Crippen LogP contribution in [-0.4, -0.2) is 11.0 Å². The summed E-state index contributed by atoms with van der Waals surface area (Å²) < 4.78 is 25.1. The SMILES string of the molecule is Cc1cc(C(O)C(C)(F)F)cs1. The number of aryl methyl sites for hydroxylation is 1. The highest BCUT2D eigenvalue weighted by Gasteiger charge is 2.33. The Morgan fingerprint density at radius 1 is 1.58 bits per heavy atom. The van der Waals surface area contributed by atoms with Gasteiger partial charge in [-0.1, -0.05) is 0 Å². The molecule has 0 aliphatic carbocycles. The molecular weight excluding hydrogens is 182 g/mol. The molecule has 0 amide bonds. The summed E-state index contributed by atoms with van der Waals surface area (Å²) in [5, 5.41) is 10.7. The van der Waals surface area contributed by atoms with Crippen LogP contribution in [0.4, 0.5) is 8.78 Å². The van der Waals surface area contributed by atoms with Crippen LogP contribution in [0.3, 0.4) is 0 Å². The van der Waals surface area contributed by atoms with Crippen molar-refractivity contribution in [3.05, 3.63) is 21.9 Å². The van der Waals surface area contributed by atoms with E-state index in [-0.39, 0.29) is 0 Å². The summed E-state index contributed by atoms with van der Waals surface area (Å²) >= 11 is 1.36. The first kappa shape index (κ1) is 9.61. The fourth-order valence-electron chi connectivity index (χ4n) is 0.900. The number of halogens is 2. The van der Waals surface area contributed by atoms with Crippen LogP contribution in [0.1, 0.15) is 23.5 Å². The van der Waals surface area contributed by atoms with Gasteiger partial charge in [0.25, 0.3) is 5.92 Å². The summed E-state index contributed by atoms with van der Waals surface area (Å²) in [4.78, 5) is 0.924. The zero-order valence-electron chi connectivity index (χ0n) is 6.84. The first-order chi connectivity index (χ1) is 5.41. The Hall–Kier alpha value is -0.480. The molecule has 0 fully saturated rings. The van der Waals surface area contributed by atoms with Gasteiger partial charge in [-0.15, -0.1) is 11.3 Å². The van der Waals surface area contributed by atoms with Gasteiger partial charge in [-0.25, -0.2) is 8.78 Å². The Balaban J connectivity index is 2.85. The van der Waals surface area contributed by atoms with Gasteiger partial charge in [-0.2, -0.15) is 0 Å². The van der Waals surface area contributed by atoms with E-state index in [9.17, 15) is 8.78 Å². The molecule has 0 aliphatic rings. The number of alkyl halides is 2. The molecule has 1 nitrogen and oxygen atoms in total. The Kier molecular flexibility index (Phi) is 2.49. The van der Waals surface area contributed by atoms with Gasteiger partial charge in [0.15, 0.2) is 0 Å². The molecule has 1 aromatic heterocycles. The minimum absolute atomic E-state index is 0.296. The van der Waals surface area contributed by atoms with Crippen molar-refractivity contribution in [2.24, 2.45) is 0 Å². The van der Waals surface area contributed by atoms with Crippen molar-refractivity contribution < 1.29 is 13.9 Å². The molecule has 0 spiro atoms. The fraction of sp³-hybridized carbons (Fsp3) is 0.500. The van der Waals surface area contributed by atoms with Crippen molar-refractivity contribution in [2.75, 3.05) is 0 Å². The first-order valence-electron chi connectivity index (χ1n) is 3.52. The second-order valence-corrected chi connectivity index (χ2v) is 3.96. The quantitative estimate of drug-likeness (QED) is 0.763. The fourth-order valence-corrected chi connectivity index (χ4v) is 1.62. The van der Waals surface area contributed by atoms with Crippen molar-refractivity contribution in [1.29, 1.82) is 0 Å². The summed E-state index contributed by atoms with van der Waals surface area (Å²) in [6, 6.07) is 1.58. The van der Waals surface area contributed by atoms with Crippen LogP contribution in [0.25, 0.3) is 0 Å². The Labute approximate surface area is 73.7 Å². The molecule has 0 aromatic carbocycles. The average Bonchev–Trinajstić information content (AvgIpc) is 2.32. The Bertz CT molecular complexity index is 264. The second kappa shape index (κ2) is 3.11. The number of hydrogen-bond acceptors (Lipinski definition) is 2. The molecule has 1 aromatic rings. The van der Waals surface area contributed by atoms with E-state index in [1.165, 1.54) is 11.3 Å². The van der Waals surface area contributed by atoms with E-state index in [0.29, 0.717) is 12.5 Å². The van der Waals surface area contributed by atoms with Crippen LogP contribution >= 0.6 is 11.3 Å². The van der Waals surface area contributed by atoms with Gasteiger partial charge in [-0.05, 0) is 23.9 Å². The molecule has 1 N–H and O–H groups in total. The lowest BCUT2D eigenvalue weighted by Crippen LogP contribution is -2.21. The minimum Gasteiger partial charge on any atom is -0.382 e. The predicted molar refractivity (Wildman–Crippen MR) is 44.6 cm³/mol. The summed E-state index contributed by atoms with van der Waals surface area (Å²) in [7, 11) is 0. The first-order valence-corrected chi connectivity index (χ1v) is 4.40. The number of thiophene rings is 1. The van der Waals surface area contributed by atoms with E-state index < -0.39 is 12.0 Å². The molecule has 1 atom stereocenters. The lowest BCUT2D eigenvalue weighted by atomic mass is 10.1. The third kappa shape index (κ3) is 2.01. The lowest BCUT2D eigenvalue weighted by molar-refractivity contribution is -0.0952. The lowest BCUT2D eigenvalue weighted by Gasteiger charge is -2.16. The van der Waals surface area contributed by atoms with Crippen molar-refractivity contribution >= 4 is 11.3 Å². The zero-order valence-corrected chi connectivity index (χ0v) is 7.66. The van der Waals surface area contributed by atoms with E-state index in [4.69, 9.17) is 5.11 Å². The number of hydrogen-bond donors (Lipinski definition) is 1. The largest absolute Gasteiger partial charge is 0.382 e. The van der Waals surface area contributed by atoms with Crippen LogP contribution in [0.5, 0.6) is 0 Å². The van der Waals surface area contributed by atoms with Crippen molar-refractivity contribution in [1.82, 2.24) is 0 Å². The van der Waals surface area contributed by atoms with Gasteiger partial charge in [0.2, 0.25) is 0 Å². The molecule has 0 bridgehead atoms. The Morgan fingerprint density at radius 3 is 2.50 bits per heavy atom. The monoisotopic (exact) mass is 192 g/mol. The molecule has 0 saturated carbocycles. The number of rotatable bonds is 2. The maximum atomic E-state index is 12.6. The van der Waals surface area contributed by atoms with Crippen molar-refractivity contribution in [3.8, 4) is 0 Å². The van der Waals surface area contributed by atoms with E-state index in [0.717, 1.165) is 4.88 Å². The van der Waals surface area contributed by atoms with Gasteiger partial charge in [0, 0.05) is 11.8 Å². The van der Waals surface area contributed by atoms with Gasteiger partial charge in [0.1, 0.15) is 6.10 Å².